The van der Waals surface area contributed by atoms with E-state index in [-0.39, 0.29) is 17.3 Å². The third-order valence-electron chi connectivity index (χ3n) is 8.29. The Bertz CT molecular complexity index is 2020. The summed E-state index contributed by atoms with van der Waals surface area (Å²) in [6.07, 6.45) is 2.08. The van der Waals surface area contributed by atoms with Crippen LogP contribution in [0.5, 0.6) is 0 Å². The van der Waals surface area contributed by atoms with Crippen molar-refractivity contribution in [2.45, 2.75) is 56.0 Å². The van der Waals surface area contributed by atoms with E-state index >= 15 is 0 Å². The van der Waals surface area contributed by atoms with Gasteiger partial charge in [0.25, 0.3) is 0 Å². The number of nitrogens with one attached hydrogen (secondary N) is 1. The van der Waals surface area contributed by atoms with Crippen LogP contribution in [0.2, 0.25) is 0 Å². The van der Waals surface area contributed by atoms with Crippen LogP contribution in [-0.2, 0) is 43.7 Å². The molecule has 5 rings (SSSR count). The zero-order valence-corrected chi connectivity index (χ0v) is 27.6. The maximum Gasteiger partial charge on any atom is 0.238 e. The van der Waals surface area contributed by atoms with Crippen molar-refractivity contribution in [2.24, 2.45) is 0 Å². The molecule has 9 heteroatoms. The van der Waals surface area contributed by atoms with Gasteiger partial charge in [-0.15, -0.1) is 0 Å². The SMILES string of the molecule is C=S(=O)(c1c(C)cc(C)cc1C)N1Cc2ccc(-c3cccc(S(C)(=O)=O)c3)cc2CC1C(=O)NCCc1ccc(C#N)cc1. The monoisotopic (exact) mass is 639 g/mol. The molecule has 0 aromatic heterocycles. The van der Waals surface area contributed by atoms with Crippen LogP contribution in [-0.4, -0.2) is 47.6 Å². The van der Waals surface area contributed by atoms with Crippen molar-refractivity contribution in [1.82, 2.24) is 9.62 Å². The molecule has 4 aromatic rings. The maximum absolute atomic E-state index is 14.7. The number of hydrogen-bond donors (Lipinski definition) is 1. The second-order valence-electron chi connectivity index (χ2n) is 11.8. The fourth-order valence-electron chi connectivity index (χ4n) is 6.16. The molecule has 1 aliphatic heterocycles. The highest BCUT2D eigenvalue weighted by atomic mass is 32.2. The minimum Gasteiger partial charge on any atom is -0.354 e. The van der Waals surface area contributed by atoms with Gasteiger partial charge in [0.15, 0.2) is 9.84 Å². The molecule has 0 spiro atoms. The van der Waals surface area contributed by atoms with Gasteiger partial charge in [-0.2, -0.15) is 5.26 Å². The molecule has 0 radical (unpaired) electrons. The van der Waals surface area contributed by atoms with Crippen molar-refractivity contribution < 1.29 is 17.4 Å². The summed E-state index contributed by atoms with van der Waals surface area (Å²) in [5, 5.41) is 12.1. The minimum atomic E-state index is -3.38. The smallest absolute Gasteiger partial charge is 0.238 e. The van der Waals surface area contributed by atoms with Gasteiger partial charge in [-0.25, -0.2) is 16.9 Å². The molecule has 232 valence electrons. The summed E-state index contributed by atoms with van der Waals surface area (Å²) < 4.78 is 40.9. The van der Waals surface area contributed by atoms with Gasteiger partial charge < -0.3 is 5.32 Å². The lowest BCUT2D eigenvalue weighted by atomic mass is 9.91. The highest BCUT2D eigenvalue weighted by Crippen LogP contribution is 2.35. The average molecular weight is 640 g/mol. The quantitative estimate of drug-likeness (QED) is 0.262. The number of fused-ring (bicyclic) bond motifs is 1. The van der Waals surface area contributed by atoms with E-state index in [1.54, 1.807) is 34.6 Å². The van der Waals surface area contributed by atoms with E-state index in [0.29, 0.717) is 29.8 Å². The number of sulfone groups is 1. The molecule has 0 saturated heterocycles. The van der Waals surface area contributed by atoms with Crippen LogP contribution in [0, 0.1) is 32.1 Å². The third-order valence-corrected chi connectivity index (χ3v) is 11.8. The van der Waals surface area contributed by atoms with Gasteiger partial charge in [0.1, 0.15) is 6.04 Å². The Morgan fingerprint density at radius 3 is 2.24 bits per heavy atom. The Morgan fingerprint density at radius 2 is 1.60 bits per heavy atom. The van der Waals surface area contributed by atoms with Crippen molar-refractivity contribution in [3.63, 3.8) is 0 Å². The molecule has 1 aliphatic rings. The van der Waals surface area contributed by atoms with Gasteiger partial charge in [-0.05, 0) is 103 Å². The third kappa shape index (κ3) is 6.89. The summed E-state index contributed by atoms with van der Waals surface area (Å²) in [5.41, 5.74) is 7.87. The molecule has 7 nitrogen and oxygen atoms in total. The number of hydrogen-bond acceptors (Lipinski definition) is 5. The van der Waals surface area contributed by atoms with Gasteiger partial charge in [-0.3, -0.25) is 4.79 Å². The van der Waals surface area contributed by atoms with Crippen molar-refractivity contribution in [2.75, 3.05) is 12.8 Å². The van der Waals surface area contributed by atoms with E-state index in [9.17, 15) is 17.4 Å². The van der Waals surface area contributed by atoms with Crippen LogP contribution < -0.4 is 5.32 Å². The number of benzene rings is 4. The zero-order valence-electron chi connectivity index (χ0n) is 26.0. The average Bonchev–Trinajstić information content (AvgIpc) is 2.99. The molecule has 0 bridgehead atoms. The first kappa shape index (κ1) is 32.2. The van der Waals surface area contributed by atoms with Gasteiger partial charge >= 0.3 is 0 Å². The van der Waals surface area contributed by atoms with E-state index in [0.717, 1.165) is 44.5 Å². The first-order chi connectivity index (χ1) is 21.3. The molecule has 1 N–H and O–H groups in total. The second-order valence-corrected chi connectivity index (χ2v) is 16.0. The highest BCUT2D eigenvalue weighted by molar-refractivity contribution is 7.98. The normalized spacial score (nSPS) is 16.3. The van der Waals surface area contributed by atoms with E-state index in [1.165, 1.54) is 6.26 Å². The molecular formula is C36H37N3O4S2. The molecule has 2 unspecified atom stereocenters. The largest absolute Gasteiger partial charge is 0.354 e. The molecule has 1 amide bonds. The van der Waals surface area contributed by atoms with Gasteiger partial charge in [0.05, 0.1) is 31.1 Å². The van der Waals surface area contributed by atoms with Crippen LogP contribution >= 0.6 is 0 Å². The molecule has 1 heterocycles. The fraction of sp³-hybridized carbons (Fsp3) is 0.250. The second kappa shape index (κ2) is 12.6. The lowest BCUT2D eigenvalue weighted by molar-refractivity contribution is -0.125. The summed E-state index contributed by atoms with van der Waals surface area (Å²) >= 11 is 0. The van der Waals surface area contributed by atoms with Crippen molar-refractivity contribution in [3.05, 3.63) is 118 Å². The summed E-state index contributed by atoms with van der Waals surface area (Å²) in [5.74, 6) is 4.01. The summed E-state index contributed by atoms with van der Waals surface area (Å²) in [6, 6.07) is 25.3. The minimum absolute atomic E-state index is 0.238. The number of amides is 1. The molecule has 0 fully saturated rings. The molecule has 45 heavy (non-hydrogen) atoms. The van der Waals surface area contributed by atoms with Crippen LogP contribution in [0.15, 0.2) is 88.7 Å². The Morgan fingerprint density at radius 1 is 0.933 bits per heavy atom. The Kier molecular flexibility index (Phi) is 9.04. The number of carbonyl (C=O) groups is 1. The number of nitrogens with zero attached hydrogens (tertiary/aromatic N) is 2. The standard InChI is InChI=1S/C36H37N3O4S2/c1-24-17-25(2)35(26(3)18-24)44(4,41)39-23-31-14-13-30(29-7-6-8-33(20-29)45(5,42)43)19-32(31)21-34(39)36(40)38-16-15-27-9-11-28(22-37)12-10-27/h6-14,17-20,34H,4,15-16,21,23H2,1-3,5H3,(H,38,40). The Balaban J connectivity index is 1.49. The summed E-state index contributed by atoms with van der Waals surface area (Å²) in [4.78, 5) is 14.8. The number of carbonyl (C=O) groups excluding carboxylic acids is 1. The summed E-state index contributed by atoms with van der Waals surface area (Å²) in [6.45, 7) is 6.51. The fourth-order valence-corrected chi connectivity index (χ4v) is 9.11. The van der Waals surface area contributed by atoms with Crippen LogP contribution in [0.25, 0.3) is 11.1 Å². The highest BCUT2D eigenvalue weighted by Gasteiger charge is 2.37. The first-order valence-electron chi connectivity index (χ1n) is 14.7. The topological polar surface area (TPSA) is 107 Å². The van der Waals surface area contributed by atoms with Crippen molar-refractivity contribution >= 4 is 31.3 Å². The molecule has 0 saturated carbocycles. The summed E-state index contributed by atoms with van der Waals surface area (Å²) in [7, 11) is -6.45. The van der Waals surface area contributed by atoms with Crippen molar-refractivity contribution in [3.8, 4) is 17.2 Å². The number of aryl methyl sites for hydroxylation is 3. The molecule has 2 atom stereocenters. The van der Waals surface area contributed by atoms with Crippen LogP contribution in [0.3, 0.4) is 0 Å². The van der Waals surface area contributed by atoms with Crippen LogP contribution in [0.4, 0.5) is 0 Å². The van der Waals surface area contributed by atoms with E-state index in [4.69, 9.17) is 5.26 Å². The predicted molar refractivity (Wildman–Crippen MR) is 180 cm³/mol. The lowest BCUT2D eigenvalue weighted by Crippen LogP contribution is -2.52. The van der Waals surface area contributed by atoms with Gasteiger partial charge in [0.2, 0.25) is 5.91 Å². The maximum atomic E-state index is 14.7. The molecule has 0 aliphatic carbocycles. The van der Waals surface area contributed by atoms with E-state index < -0.39 is 25.6 Å². The number of rotatable bonds is 8. The molecular weight excluding hydrogens is 603 g/mol. The van der Waals surface area contributed by atoms with E-state index in [1.807, 2.05) is 69.3 Å². The lowest BCUT2D eigenvalue weighted by Gasteiger charge is -2.38. The predicted octanol–water partition coefficient (Wildman–Crippen LogP) is 5.33. The van der Waals surface area contributed by atoms with Crippen molar-refractivity contribution in [1.29, 1.82) is 5.26 Å². The molecule has 4 aromatic carbocycles. The van der Waals surface area contributed by atoms with E-state index in [2.05, 4.69) is 17.3 Å². The van der Waals surface area contributed by atoms with Gasteiger partial charge in [-0.1, -0.05) is 60.2 Å². The Hall–Kier alpha value is -4.23. The number of nitriles is 1. The van der Waals surface area contributed by atoms with Gasteiger partial charge in [0, 0.05) is 19.3 Å². The van der Waals surface area contributed by atoms with Crippen LogP contribution in [0.1, 0.15) is 38.9 Å². The zero-order chi connectivity index (χ0) is 32.5. The first-order valence-corrected chi connectivity index (χ1v) is 18.3. The Labute approximate surface area is 266 Å².